The number of nitrogens with zero attached hydrogens (tertiary/aromatic N) is 1. The maximum Gasteiger partial charge on any atom is 0.330 e. The predicted molar refractivity (Wildman–Crippen MR) is 131 cm³/mol. The highest BCUT2D eigenvalue weighted by Crippen LogP contribution is 2.35. The van der Waals surface area contributed by atoms with Gasteiger partial charge in [0.05, 0.1) is 11.4 Å². The van der Waals surface area contributed by atoms with E-state index < -0.39 is 17.8 Å². The molecule has 0 radical (unpaired) electrons. The molecule has 1 aliphatic carbocycles. The summed E-state index contributed by atoms with van der Waals surface area (Å²) in [5, 5.41) is 13.2. The molecule has 0 bridgehead atoms. The van der Waals surface area contributed by atoms with E-state index in [-0.39, 0.29) is 11.8 Å². The first kappa shape index (κ1) is 21.6. The lowest BCUT2D eigenvalue weighted by atomic mass is 9.88. The average Bonchev–Trinajstić information content (AvgIpc) is 3.51. The van der Waals surface area contributed by atoms with Crippen LogP contribution in [-0.2, 0) is 4.79 Å². The number of Topliss-reactive ketones (excluding diaryl/α,β-unsaturated/α-hetero) is 1. The molecule has 1 heterocycles. The minimum absolute atomic E-state index is 0.0894. The maximum absolute atomic E-state index is 12.9. The Bertz CT molecular complexity index is 1370. The molecule has 0 saturated heterocycles. The third-order valence-corrected chi connectivity index (χ3v) is 6.61. The molecule has 6 nitrogen and oxygen atoms in total. The van der Waals surface area contributed by atoms with Gasteiger partial charge in [-0.2, -0.15) is 0 Å². The first-order chi connectivity index (χ1) is 16.5. The summed E-state index contributed by atoms with van der Waals surface area (Å²) >= 11 is 0. The van der Waals surface area contributed by atoms with Gasteiger partial charge in [-0.1, -0.05) is 55.0 Å². The van der Waals surface area contributed by atoms with Crippen LogP contribution in [0.15, 0.2) is 85.1 Å². The van der Waals surface area contributed by atoms with E-state index in [2.05, 4.69) is 5.32 Å². The number of carboxylic acid groups (broad SMARTS) is 1. The van der Waals surface area contributed by atoms with E-state index in [0.29, 0.717) is 18.4 Å². The summed E-state index contributed by atoms with van der Waals surface area (Å²) in [5.74, 6) is -2.00. The third kappa shape index (κ3) is 4.10. The highest BCUT2D eigenvalue weighted by atomic mass is 16.4. The number of amides is 1. The lowest BCUT2D eigenvalue weighted by Crippen LogP contribution is -2.25. The summed E-state index contributed by atoms with van der Waals surface area (Å²) < 4.78 is 1.58. The molecule has 0 spiro atoms. The van der Waals surface area contributed by atoms with Crippen LogP contribution in [-0.4, -0.2) is 27.5 Å². The van der Waals surface area contributed by atoms with Crippen LogP contribution in [0.2, 0.25) is 0 Å². The molecule has 1 saturated carbocycles. The van der Waals surface area contributed by atoms with Crippen LogP contribution in [0.4, 0.5) is 10.5 Å². The first-order valence-corrected chi connectivity index (χ1v) is 11.4. The van der Waals surface area contributed by atoms with Gasteiger partial charge in [-0.15, -0.1) is 0 Å². The smallest absolute Gasteiger partial charge is 0.330 e. The largest absolute Gasteiger partial charge is 0.481 e. The van der Waals surface area contributed by atoms with Crippen molar-refractivity contribution in [1.82, 2.24) is 4.57 Å². The normalized spacial score (nSPS) is 17.5. The summed E-state index contributed by atoms with van der Waals surface area (Å²) in [5.41, 5.74) is 3.99. The molecule has 170 valence electrons. The number of anilines is 1. The molecule has 34 heavy (non-hydrogen) atoms. The number of aliphatic carboxylic acids is 1. The summed E-state index contributed by atoms with van der Waals surface area (Å²) in [4.78, 5) is 37.0. The number of fused-ring (bicyclic) bond motifs is 1. The van der Waals surface area contributed by atoms with E-state index in [9.17, 15) is 19.5 Å². The fraction of sp³-hybridized carbons (Fsp3) is 0.179. The van der Waals surface area contributed by atoms with Crippen molar-refractivity contribution in [2.24, 2.45) is 11.8 Å². The maximum atomic E-state index is 12.9. The molecular weight excluding hydrogens is 428 g/mol. The van der Waals surface area contributed by atoms with Crippen molar-refractivity contribution < 1.29 is 19.5 Å². The van der Waals surface area contributed by atoms with Gasteiger partial charge in [0.1, 0.15) is 0 Å². The van der Waals surface area contributed by atoms with E-state index in [4.69, 9.17) is 0 Å². The van der Waals surface area contributed by atoms with Gasteiger partial charge in [0.25, 0.3) is 0 Å². The Balaban J connectivity index is 1.35. The monoisotopic (exact) mass is 452 g/mol. The van der Waals surface area contributed by atoms with Gasteiger partial charge in [-0.25, -0.2) is 4.79 Å². The van der Waals surface area contributed by atoms with Crippen LogP contribution in [0.3, 0.4) is 0 Å². The Morgan fingerprint density at radius 1 is 0.824 bits per heavy atom. The minimum atomic E-state index is -0.884. The Kier molecular flexibility index (Phi) is 5.72. The lowest BCUT2D eigenvalue weighted by molar-refractivity contribution is -0.142. The van der Waals surface area contributed by atoms with Crippen LogP contribution >= 0.6 is 0 Å². The molecule has 1 amide bonds. The van der Waals surface area contributed by atoms with Crippen molar-refractivity contribution in [3.63, 3.8) is 0 Å². The molecule has 3 aromatic carbocycles. The molecule has 2 atom stereocenters. The minimum Gasteiger partial charge on any atom is -0.481 e. The van der Waals surface area contributed by atoms with Crippen molar-refractivity contribution in [2.75, 3.05) is 5.32 Å². The number of carbonyl (C=O) groups is 3. The zero-order chi connectivity index (χ0) is 23.7. The molecule has 1 aliphatic rings. The first-order valence-electron chi connectivity index (χ1n) is 11.4. The average molecular weight is 453 g/mol. The third-order valence-electron chi connectivity index (χ3n) is 6.61. The van der Waals surface area contributed by atoms with E-state index in [1.807, 2.05) is 66.7 Å². The van der Waals surface area contributed by atoms with Gasteiger partial charge >= 0.3 is 12.0 Å². The standard InChI is InChI=1S/C28H24N2O4/c31-26(23-7-4-8-24(23)27(32)33)19-11-9-18(10-12-19)20-13-14-25-21(17-20)15-16-30(25)28(34)29-22-5-2-1-3-6-22/h1-3,5-6,9-17,23-24H,4,7-8H2,(H,29,34)(H,32,33)/t23-,24-/m0/s1. The summed E-state index contributed by atoms with van der Waals surface area (Å²) in [6.45, 7) is 0. The quantitative estimate of drug-likeness (QED) is 0.360. The molecule has 0 unspecified atom stereocenters. The lowest BCUT2D eigenvalue weighted by Gasteiger charge is -2.14. The van der Waals surface area contributed by atoms with Crippen molar-refractivity contribution in [2.45, 2.75) is 19.3 Å². The summed E-state index contributed by atoms with van der Waals surface area (Å²) in [6, 6.07) is 24.2. The number of benzene rings is 3. The van der Waals surface area contributed by atoms with Gasteiger partial charge < -0.3 is 10.4 Å². The van der Waals surface area contributed by atoms with E-state index in [1.54, 1.807) is 22.9 Å². The van der Waals surface area contributed by atoms with Crippen molar-refractivity contribution >= 4 is 34.4 Å². The number of ketones is 1. The zero-order valence-electron chi connectivity index (χ0n) is 18.5. The second-order valence-electron chi connectivity index (χ2n) is 8.68. The molecular formula is C28H24N2O4. The van der Waals surface area contributed by atoms with Crippen molar-refractivity contribution in [3.8, 4) is 11.1 Å². The van der Waals surface area contributed by atoms with Gasteiger partial charge in [0.15, 0.2) is 5.78 Å². The van der Waals surface area contributed by atoms with E-state index >= 15 is 0 Å². The molecule has 0 aliphatic heterocycles. The summed E-state index contributed by atoms with van der Waals surface area (Å²) in [7, 11) is 0. The highest BCUT2D eigenvalue weighted by molar-refractivity contribution is 6.01. The second-order valence-corrected chi connectivity index (χ2v) is 8.68. The number of rotatable bonds is 5. The molecule has 4 aromatic rings. The van der Waals surface area contributed by atoms with Gasteiger partial charge in [-0.05, 0) is 54.3 Å². The Hall–Kier alpha value is -4.19. The fourth-order valence-corrected chi connectivity index (χ4v) is 4.81. The van der Waals surface area contributed by atoms with Crippen LogP contribution < -0.4 is 5.32 Å². The summed E-state index contributed by atoms with van der Waals surface area (Å²) in [6.07, 6.45) is 3.71. The number of nitrogens with one attached hydrogen (secondary N) is 1. The molecule has 1 fully saturated rings. The molecule has 6 heteroatoms. The Morgan fingerprint density at radius 3 is 2.26 bits per heavy atom. The fourth-order valence-electron chi connectivity index (χ4n) is 4.81. The van der Waals surface area contributed by atoms with Crippen LogP contribution in [0, 0.1) is 11.8 Å². The number of aromatic nitrogens is 1. The predicted octanol–water partition coefficient (Wildman–Crippen LogP) is 6.07. The second kappa shape index (κ2) is 8.98. The molecule has 1 aromatic heterocycles. The SMILES string of the molecule is O=C(O)[C@H]1CCC[C@@H]1C(=O)c1ccc(-c2ccc3c(ccn3C(=O)Nc3ccccc3)c2)cc1. The van der Waals surface area contributed by atoms with Crippen molar-refractivity contribution in [1.29, 1.82) is 0 Å². The Labute approximate surface area is 196 Å². The van der Waals surface area contributed by atoms with E-state index in [0.717, 1.165) is 34.1 Å². The number of hydrogen-bond acceptors (Lipinski definition) is 3. The Morgan fingerprint density at radius 2 is 1.53 bits per heavy atom. The number of hydrogen-bond donors (Lipinski definition) is 2. The van der Waals surface area contributed by atoms with Crippen LogP contribution in [0.1, 0.15) is 29.6 Å². The van der Waals surface area contributed by atoms with Gasteiger partial charge in [0, 0.05) is 28.8 Å². The topological polar surface area (TPSA) is 88.4 Å². The number of carboxylic acids is 1. The zero-order valence-corrected chi connectivity index (χ0v) is 18.5. The molecule has 2 N–H and O–H groups in total. The van der Waals surface area contributed by atoms with Crippen LogP contribution in [0.5, 0.6) is 0 Å². The molecule has 5 rings (SSSR count). The van der Waals surface area contributed by atoms with Gasteiger partial charge in [0.2, 0.25) is 0 Å². The number of para-hydroxylation sites is 1. The van der Waals surface area contributed by atoms with Crippen molar-refractivity contribution in [3.05, 3.63) is 90.6 Å². The highest BCUT2D eigenvalue weighted by Gasteiger charge is 2.37. The van der Waals surface area contributed by atoms with E-state index in [1.165, 1.54) is 0 Å². The number of carbonyl (C=O) groups excluding carboxylic acids is 2. The van der Waals surface area contributed by atoms with Gasteiger partial charge in [-0.3, -0.25) is 14.2 Å². The van der Waals surface area contributed by atoms with Crippen LogP contribution in [0.25, 0.3) is 22.0 Å².